The number of halogens is 2. The molecule has 0 aromatic carbocycles. The summed E-state index contributed by atoms with van der Waals surface area (Å²) in [5.41, 5.74) is -2.61. The molecule has 0 aliphatic carbocycles. The van der Waals surface area contributed by atoms with E-state index in [2.05, 4.69) is 0 Å². The van der Waals surface area contributed by atoms with Crippen LogP contribution in [-0.4, -0.2) is 69.2 Å². The van der Waals surface area contributed by atoms with Gasteiger partial charge in [-0.3, -0.25) is 0 Å². The SMILES string of the molecule is CC1CCCCN1C(=O)N1CCCC(O)(C(F)(F)C(=O)O)CC1. The average molecular weight is 334 g/mol. The fourth-order valence-electron chi connectivity index (χ4n) is 3.39. The molecule has 2 saturated heterocycles. The van der Waals surface area contributed by atoms with E-state index in [-0.39, 0.29) is 38.0 Å². The Morgan fingerprint density at radius 3 is 2.43 bits per heavy atom. The Bertz CT molecular complexity index is 474. The second kappa shape index (κ2) is 6.59. The second-order valence-electron chi connectivity index (χ2n) is 6.57. The number of nitrogens with zero attached hydrogens (tertiary/aromatic N) is 2. The van der Waals surface area contributed by atoms with Crippen molar-refractivity contribution in [2.45, 2.75) is 63.0 Å². The monoisotopic (exact) mass is 334 g/mol. The first-order chi connectivity index (χ1) is 10.7. The molecule has 0 bridgehead atoms. The van der Waals surface area contributed by atoms with E-state index in [0.29, 0.717) is 6.54 Å². The van der Waals surface area contributed by atoms with E-state index in [1.807, 2.05) is 6.92 Å². The Morgan fingerprint density at radius 1 is 1.13 bits per heavy atom. The van der Waals surface area contributed by atoms with Gasteiger partial charge in [-0.05, 0) is 39.0 Å². The zero-order valence-electron chi connectivity index (χ0n) is 13.3. The highest BCUT2D eigenvalue weighted by Crippen LogP contribution is 2.38. The van der Waals surface area contributed by atoms with E-state index in [1.54, 1.807) is 4.90 Å². The maximum Gasteiger partial charge on any atom is 0.377 e. The Morgan fingerprint density at radius 2 is 1.83 bits per heavy atom. The first-order valence-electron chi connectivity index (χ1n) is 8.08. The zero-order chi connectivity index (χ0) is 17.3. The molecule has 2 rings (SSSR count). The summed E-state index contributed by atoms with van der Waals surface area (Å²) in [4.78, 5) is 26.5. The van der Waals surface area contributed by atoms with Crippen LogP contribution in [0.15, 0.2) is 0 Å². The molecule has 0 aromatic heterocycles. The summed E-state index contributed by atoms with van der Waals surface area (Å²) in [6.45, 7) is 2.79. The first-order valence-corrected chi connectivity index (χ1v) is 8.08. The molecule has 0 saturated carbocycles. The van der Waals surface area contributed by atoms with Gasteiger partial charge in [-0.1, -0.05) is 0 Å². The van der Waals surface area contributed by atoms with Gasteiger partial charge in [-0.15, -0.1) is 0 Å². The van der Waals surface area contributed by atoms with Gasteiger partial charge in [0.2, 0.25) is 0 Å². The fourth-order valence-corrected chi connectivity index (χ4v) is 3.39. The Labute approximate surface area is 134 Å². The number of aliphatic hydroxyl groups is 1. The van der Waals surface area contributed by atoms with Crippen molar-refractivity contribution in [1.29, 1.82) is 0 Å². The van der Waals surface area contributed by atoms with Crippen molar-refractivity contribution < 1.29 is 28.6 Å². The average Bonchev–Trinajstić information content (AvgIpc) is 2.70. The summed E-state index contributed by atoms with van der Waals surface area (Å²) in [5, 5.41) is 18.8. The third kappa shape index (κ3) is 3.41. The van der Waals surface area contributed by atoms with Crippen LogP contribution >= 0.6 is 0 Å². The summed E-state index contributed by atoms with van der Waals surface area (Å²) in [7, 11) is 0. The summed E-state index contributed by atoms with van der Waals surface area (Å²) < 4.78 is 27.6. The summed E-state index contributed by atoms with van der Waals surface area (Å²) >= 11 is 0. The standard InChI is InChI=1S/C15H24F2N2O4/c1-11-5-2-3-9-19(11)13(22)18-8-4-6-14(23,7-10-18)15(16,17)12(20)21/h11,23H,2-10H2,1H3,(H,20,21). The molecule has 2 amide bonds. The molecule has 2 fully saturated rings. The van der Waals surface area contributed by atoms with Crippen LogP contribution in [0.5, 0.6) is 0 Å². The smallest absolute Gasteiger partial charge is 0.377 e. The molecule has 2 aliphatic rings. The van der Waals surface area contributed by atoms with E-state index >= 15 is 0 Å². The van der Waals surface area contributed by atoms with Gasteiger partial charge >= 0.3 is 17.9 Å². The minimum atomic E-state index is -4.22. The van der Waals surface area contributed by atoms with Crippen LogP contribution in [0.4, 0.5) is 13.6 Å². The zero-order valence-corrected chi connectivity index (χ0v) is 13.3. The number of carbonyl (C=O) groups excluding carboxylic acids is 1. The number of likely N-dealkylation sites (tertiary alicyclic amines) is 2. The largest absolute Gasteiger partial charge is 0.477 e. The van der Waals surface area contributed by atoms with Crippen LogP contribution < -0.4 is 0 Å². The van der Waals surface area contributed by atoms with Crippen molar-refractivity contribution in [3.05, 3.63) is 0 Å². The fraction of sp³-hybridized carbons (Fsp3) is 0.867. The lowest BCUT2D eigenvalue weighted by Gasteiger charge is -2.37. The van der Waals surface area contributed by atoms with E-state index in [1.165, 1.54) is 4.90 Å². The number of carboxylic acids is 1. The van der Waals surface area contributed by atoms with Crippen LogP contribution in [0.2, 0.25) is 0 Å². The van der Waals surface area contributed by atoms with Crippen molar-refractivity contribution in [2.75, 3.05) is 19.6 Å². The topological polar surface area (TPSA) is 81.1 Å². The van der Waals surface area contributed by atoms with Gasteiger partial charge in [0.1, 0.15) is 5.60 Å². The number of hydrogen-bond acceptors (Lipinski definition) is 3. The van der Waals surface area contributed by atoms with Gasteiger partial charge in [-0.2, -0.15) is 8.78 Å². The van der Waals surface area contributed by atoms with Crippen molar-refractivity contribution in [3.8, 4) is 0 Å². The molecule has 2 aliphatic heterocycles. The molecule has 132 valence electrons. The highest BCUT2D eigenvalue weighted by Gasteiger charge is 2.58. The summed E-state index contributed by atoms with van der Waals surface area (Å²) in [6, 6.07) is -0.0982. The van der Waals surface area contributed by atoms with E-state index in [0.717, 1.165) is 19.3 Å². The van der Waals surface area contributed by atoms with E-state index in [9.17, 15) is 23.5 Å². The first kappa shape index (κ1) is 17.9. The highest BCUT2D eigenvalue weighted by atomic mass is 19.3. The maximum atomic E-state index is 13.8. The van der Waals surface area contributed by atoms with Gasteiger partial charge in [0, 0.05) is 32.1 Å². The van der Waals surface area contributed by atoms with Crippen LogP contribution in [0.3, 0.4) is 0 Å². The predicted octanol–water partition coefficient (Wildman–Crippen LogP) is 1.92. The Hall–Kier alpha value is -1.44. The normalized spacial score (nSPS) is 30.0. The third-order valence-corrected chi connectivity index (χ3v) is 4.99. The number of carboxylic acid groups (broad SMARTS) is 1. The van der Waals surface area contributed by atoms with Crippen LogP contribution in [-0.2, 0) is 4.79 Å². The number of urea groups is 1. The Balaban J connectivity index is 2.06. The lowest BCUT2D eigenvalue weighted by Crippen LogP contribution is -2.54. The van der Waals surface area contributed by atoms with Crippen LogP contribution in [0, 0.1) is 0 Å². The summed E-state index contributed by atoms with van der Waals surface area (Å²) in [5.74, 6) is -6.55. The molecule has 2 atom stereocenters. The number of hydrogen-bond donors (Lipinski definition) is 2. The number of alkyl halides is 2. The van der Waals surface area contributed by atoms with Gasteiger partial charge < -0.3 is 20.0 Å². The number of piperidine rings is 1. The molecular formula is C15H24F2N2O4. The van der Waals surface area contributed by atoms with Crippen molar-refractivity contribution >= 4 is 12.0 Å². The van der Waals surface area contributed by atoms with Gasteiger partial charge in [-0.25, -0.2) is 9.59 Å². The van der Waals surface area contributed by atoms with Crippen LogP contribution in [0.25, 0.3) is 0 Å². The molecule has 23 heavy (non-hydrogen) atoms. The van der Waals surface area contributed by atoms with E-state index < -0.39 is 23.9 Å². The van der Waals surface area contributed by atoms with Crippen molar-refractivity contribution in [1.82, 2.24) is 9.80 Å². The van der Waals surface area contributed by atoms with E-state index in [4.69, 9.17) is 5.11 Å². The van der Waals surface area contributed by atoms with Gasteiger partial charge in [0.25, 0.3) is 0 Å². The second-order valence-corrected chi connectivity index (χ2v) is 6.57. The molecule has 2 unspecified atom stereocenters. The quantitative estimate of drug-likeness (QED) is 0.808. The minimum absolute atomic E-state index is 0.0680. The minimum Gasteiger partial charge on any atom is -0.477 e. The highest BCUT2D eigenvalue weighted by molar-refractivity contribution is 5.77. The third-order valence-electron chi connectivity index (χ3n) is 4.99. The van der Waals surface area contributed by atoms with Gasteiger partial charge in [0.05, 0.1) is 0 Å². The van der Waals surface area contributed by atoms with Crippen LogP contribution in [0.1, 0.15) is 45.4 Å². The number of rotatable bonds is 2. The molecule has 6 nitrogen and oxygen atoms in total. The molecule has 0 spiro atoms. The lowest BCUT2D eigenvalue weighted by atomic mass is 9.88. The predicted molar refractivity (Wildman–Crippen MR) is 78.4 cm³/mol. The lowest BCUT2D eigenvalue weighted by molar-refractivity contribution is -0.211. The molecule has 0 radical (unpaired) electrons. The molecule has 2 heterocycles. The molecule has 0 aromatic rings. The number of carbonyl (C=O) groups is 2. The van der Waals surface area contributed by atoms with Crippen molar-refractivity contribution in [2.24, 2.45) is 0 Å². The molecule has 8 heteroatoms. The number of amides is 2. The molecule has 2 N–H and O–H groups in total. The Kier molecular flexibility index (Phi) is 5.13. The van der Waals surface area contributed by atoms with Gasteiger partial charge in [0.15, 0.2) is 0 Å². The summed E-state index contributed by atoms with van der Waals surface area (Å²) in [6.07, 6.45) is 2.26. The maximum absolute atomic E-state index is 13.8. The molecular weight excluding hydrogens is 310 g/mol. The number of aliphatic carboxylic acids is 1. The van der Waals surface area contributed by atoms with Crippen molar-refractivity contribution in [3.63, 3.8) is 0 Å².